The van der Waals surface area contributed by atoms with Gasteiger partial charge in [-0.25, -0.2) is 8.42 Å². The van der Waals surface area contributed by atoms with Crippen LogP contribution in [0.3, 0.4) is 0 Å². The van der Waals surface area contributed by atoms with Crippen LogP contribution in [0.2, 0.25) is 0 Å². The summed E-state index contributed by atoms with van der Waals surface area (Å²) in [5, 5.41) is 13.0. The van der Waals surface area contributed by atoms with Gasteiger partial charge in [-0.3, -0.25) is 0 Å². The van der Waals surface area contributed by atoms with Gasteiger partial charge in [-0.05, 0) is 33.5 Å². The molecule has 1 saturated heterocycles. The highest BCUT2D eigenvalue weighted by Crippen LogP contribution is 2.22. The predicted molar refractivity (Wildman–Crippen MR) is 81.2 cm³/mol. The first kappa shape index (κ1) is 17.8. The topological polar surface area (TPSA) is 72.9 Å². The van der Waals surface area contributed by atoms with Gasteiger partial charge < -0.3 is 15.3 Å². The Morgan fingerprint density at radius 2 is 2.05 bits per heavy atom. The molecule has 0 aromatic carbocycles. The smallest absolute Gasteiger partial charge is 0.214 e. The summed E-state index contributed by atoms with van der Waals surface area (Å²) in [5.74, 6) is 0.142. The molecule has 1 fully saturated rings. The van der Waals surface area contributed by atoms with Crippen LogP contribution in [-0.2, 0) is 10.0 Å². The molecule has 2 N–H and O–H groups in total. The molecule has 1 aliphatic heterocycles. The maximum atomic E-state index is 12.4. The molecule has 0 bridgehead atoms. The van der Waals surface area contributed by atoms with Gasteiger partial charge in [-0.15, -0.1) is 0 Å². The summed E-state index contributed by atoms with van der Waals surface area (Å²) in [6, 6.07) is 0.260. The summed E-state index contributed by atoms with van der Waals surface area (Å²) in [5.41, 5.74) is 0. The number of sulfonamides is 1. The molecular formula is C13H29N3O3S. The predicted octanol–water partition coefficient (Wildman–Crippen LogP) is -0.299. The zero-order chi connectivity index (χ0) is 15.3. The summed E-state index contributed by atoms with van der Waals surface area (Å²) in [7, 11) is 0.558. The lowest BCUT2D eigenvalue weighted by atomic mass is 10.2. The molecule has 0 amide bonds. The summed E-state index contributed by atoms with van der Waals surface area (Å²) in [4.78, 5) is 1.96. The Balaban J connectivity index is 2.55. The van der Waals surface area contributed by atoms with Crippen molar-refractivity contribution in [3.8, 4) is 0 Å². The van der Waals surface area contributed by atoms with Crippen LogP contribution < -0.4 is 5.32 Å². The van der Waals surface area contributed by atoms with E-state index in [4.69, 9.17) is 0 Å². The normalized spacial score (nSPS) is 24.9. The molecular weight excluding hydrogens is 278 g/mol. The minimum Gasteiger partial charge on any atom is -0.392 e. The van der Waals surface area contributed by atoms with E-state index in [0.29, 0.717) is 32.0 Å². The Hall–Kier alpha value is -0.210. The first-order chi connectivity index (χ1) is 9.22. The third-order valence-electron chi connectivity index (χ3n) is 3.41. The van der Waals surface area contributed by atoms with E-state index in [-0.39, 0.29) is 18.3 Å². The number of aliphatic hydroxyl groups excluding tert-OH is 1. The first-order valence-electron chi connectivity index (χ1n) is 7.28. The maximum absolute atomic E-state index is 12.4. The zero-order valence-corrected chi connectivity index (χ0v) is 13.9. The Labute approximate surface area is 123 Å². The number of aliphatic hydroxyl groups is 1. The van der Waals surface area contributed by atoms with Gasteiger partial charge in [-0.2, -0.15) is 4.31 Å². The van der Waals surface area contributed by atoms with Crippen LogP contribution in [0.15, 0.2) is 0 Å². The molecule has 1 heterocycles. The molecule has 0 spiro atoms. The number of nitrogens with one attached hydrogen (secondary N) is 1. The summed E-state index contributed by atoms with van der Waals surface area (Å²) >= 11 is 0. The largest absolute Gasteiger partial charge is 0.392 e. The fourth-order valence-electron chi connectivity index (χ4n) is 2.55. The van der Waals surface area contributed by atoms with Crippen molar-refractivity contribution in [2.24, 2.45) is 0 Å². The van der Waals surface area contributed by atoms with Crippen molar-refractivity contribution < 1.29 is 13.5 Å². The molecule has 0 aromatic rings. The number of rotatable bonds is 8. The molecule has 2 atom stereocenters. The minimum atomic E-state index is -3.28. The van der Waals surface area contributed by atoms with Crippen molar-refractivity contribution in [2.75, 3.05) is 39.5 Å². The Morgan fingerprint density at radius 1 is 1.40 bits per heavy atom. The van der Waals surface area contributed by atoms with E-state index in [1.54, 1.807) is 0 Å². The van der Waals surface area contributed by atoms with Crippen molar-refractivity contribution in [1.82, 2.24) is 14.5 Å². The van der Waals surface area contributed by atoms with E-state index in [1.165, 1.54) is 4.31 Å². The van der Waals surface area contributed by atoms with Gasteiger partial charge in [0.15, 0.2) is 0 Å². The van der Waals surface area contributed by atoms with E-state index in [0.717, 1.165) is 0 Å². The average Bonchev–Trinajstić information content (AvgIpc) is 2.65. The van der Waals surface area contributed by atoms with Gasteiger partial charge >= 0.3 is 0 Å². The molecule has 0 aromatic heterocycles. The summed E-state index contributed by atoms with van der Waals surface area (Å²) < 4.78 is 26.3. The zero-order valence-electron chi connectivity index (χ0n) is 13.0. The first-order valence-corrected chi connectivity index (χ1v) is 8.89. The van der Waals surface area contributed by atoms with Crippen molar-refractivity contribution in [2.45, 2.75) is 44.9 Å². The number of hydrogen-bond acceptors (Lipinski definition) is 5. The van der Waals surface area contributed by atoms with Gasteiger partial charge in [0.2, 0.25) is 10.0 Å². The van der Waals surface area contributed by atoms with Gasteiger partial charge in [0.1, 0.15) is 0 Å². The lowest BCUT2D eigenvalue weighted by molar-refractivity contribution is 0.188. The highest BCUT2D eigenvalue weighted by atomic mass is 32.2. The average molecular weight is 307 g/mol. The molecule has 0 radical (unpaired) electrons. The molecule has 120 valence electrons. The van der Waals surface area contributed by atoms with Crippen molar-refractivity contribution in [1.29, 1.82) is 0 Å². The SMILES string of the molecule is CC(C)NCCCS(=O)(=O)N1CC(O)CC1CN(C)C. The molecule has 6 nitrogen and oxygen atoms in total. The lowest BCUT2D eigenvalue weighted by Crippen LogP contribution is -2.42. The second-order valence-corrected chi connectivity index (χ2v) is 8.19. The Morgan fingerprint density at radius 3 is 2.60 bits per heavy atom. The van der Waals surface area contributed by atoms with Crippen LogP contribution in [0, 0.1) is 0 Å². The van der Waals surface area contributed by atoms with Gasteiger partial charge in [0.05, 0.1) is 11.9 Å². The van der Waals surface area contributed by atoms with Crippen LogP contribution in [-0.4, -0.2) is 80.4 Å². The fraction of sp³-hybridized carbons (Fsp3) is 1.00. The standard InChI is InChI=1S/C13H29N3O3S/c1-11(2)14-6-5-7-20(18,19)16-10-13(17)8-12(16)9-15(3)4/h11-14,17H,5-10H2,1-4H3. The summed E-state index contributed by atoms with van der Waals surface area (Å²) in [6.45, 7) is 5.67. The van der Waals surface area contributed by atoms with Crippen molar-refractivity contribution in [3.05, 3.63) is 0 Å². The lowest BCUT2D eigenvalue weighted by Gasteiger charge is -2.26. The van der Waals surface area contributed by atoms with Crippen LogP contribution in [0.1, 0.15) is 26.7 Å². The molecule has 1 aliphatic rings. The number of nitrogens with zero attached hydrogens (tertiary/aromatic N) is 2. The Kier molecular flexibility index (Phi) is 6.87. The third kappa shape index (κ3) is 5.65. The highest BCUT2D eigenvalue weighted by molar-refractivity contribution is 7.89. The van der Waals surface area contributed by atoms with E-state index in [2.05, 4.69) is 5.32 Å². The van der Waals surface area contributed by atoms with Crippen LogP contribution in [0.25, 0.3) is 0 Å². The molecule has 0 aliphatic carbocycles. The molecule has 0 saturated carbocycles. The van der Waals surface area contributed by atoms with E-state index in [1.807, 2.05) is 32.8 Å². The third-order valence-corrected chi connectivity index (χ3v) is 5.37. The number of likely N-dealkylation sites (N-methyl/N-ethyl adjacent to an activating group) is 1. The second-order valence-electron chi connectivity index (χ2n) is 6.15. The highest BCUT2D eigenvalue weighted by Gasteiger charge is 2.38. The number of hydrogen-bond donors (Lipinski definition) is 2. The Bertz CT molecular complexity index is 384. The summed E-state index contributed by atoms with van der Waals surface area (Å²) in [6.07, 6.45) is 0.590. The molecule has 1 rings (SSSR count). The maximum Gasteiger partial charge on any atom is 0.214 e. The van der Waals surface area contributed by atoms with E-state index >= 15 is 0 Å². The van der Waals surface area contributed by atoms with Crippen LogP contribution in [0.4, 0.5) is 0 Å². The van der Waals surface area contributed by atoms with Crippen molar-refractivity contribution >= 4 is 10.0 Å². The van der Waals surface area contributed by atoms with Gasteiger partial charge in [-0.1, -0.05) is 13.8 Å². The minimum absolute atomic E-state index is 0.108. The number of β-amino-alcohol motifs (C(OH)–C–C–N with tert-alkyl or cyclic N) is 1. The van der Waals surface area contributed by atoms with Crippen LogP contribution in [0.5, 0.6) is 0 Å². The monoisotopic (exact) mass is 307 g/mol. The van der Waals surface area contributed by atoms with Gasteiger partial charge in [0, 0.05) is 25.2 Å². The van der Waals surface area contributed by atoms with E-state index < -0.39 is 16.1 Å². The van der Waals surface area contributed by atoms with Crippen molar-refractivity contribution in [3.63, 3.8) is 0 Å². The van der Waals surface area contributed by atoms with Crippen LogP contribution >= 0.6 is 0 Å². The molecule has 7 heteroatoms. The van der Waals surface area contributed by atoms with Gasteiger partial charge in [0.25, 0.3) is 0 Å². The molecule has 20 heavy (non-hydrogen) atoms. The van der Waals surface area contributed by atoms with E-state index in [9.17, 15) is 13.5 Å². The second kappa shape index (κ2) is 7.70. The molecule has 2 unspecified atom stereocenters. The fourth-order valence-corrected chi connectivity index (χ4v) is 4.30. The quantitative estimate of drug-likeness (QED) is 0.603.